The third-order valence-electron chi connectivity index (χ3n) is 2.04. The maximum atomic E-state index is 11.1. The minimum absolute atomic E-state index is 0.301. The summed E-state index contributed by atoms with van der Waals surface area (Å²) in [7, 11) is -2.01. The van der Waals surface area contributed by atoms with E-state index in [1.807, 2.05) is 0 Å². The van der Waals surface area contributed by atoms with Crippen molar-refractivity contribution in [2.24, 2.45) is 0 Å². The lowest BCUT2D eigenvalue weighted by Crippen LogP contribution is -2.23. The van der Waals surface area contributed by atoms with Gasteiger partial charge >= 0.3 is 16.4 Å². The van der Waals surface area contributed by atoms with Crippen molar-refractivity contribution in [2.75, 3.05) is 19.3 Å². The molecule has 0 aliphatic rings. The topological polar surface area (TPSA) is 130 Å². The number of nitrogens with zero attached hydrogens (tertiary/aromatic N) is 1. The fourth-order valence-corrected chi connectivity index (χ4v) is 1.04. The van der Waals surface area contributed by atoms with Gasteiger partial charge in [0.2, 0.25) is 5.91 Å². The Kier molecular flexibility index (Phi) is 7.52. The Bertz CT molecular complexity index is 581. The van der Waals surface area contributed by atoms with Crippen LogP contribution in [-0.4, -0.2) is 44.3 Å². The number of amides is 1. The highest BCUT2D eigenvalue weighted by atomic mass is 32.3. The van der Waals surface area contributed by atoms with Gasteiger partial charge in [0.05, 0.1) is 25.5 Å². The molecule has 0 fully saturated rings. The third kappa shape index (κ3) is 7.37. The number of esters is 1. The lowest BCUT2D eigenvalue weighted by molar-refractivity contribution is -0.121. The van der Waals surface area contributed by atoms with E-state index in [1.54, 1.807) is 0 Å². The molecule has 0 atom stereocenters. The van der Waals surface area contributed by atoms with Crippen molar-refractivity contribution < 1.29 is 36.7 Å². The lowest BCUT2D eigenvalue weighted by Gasteiger charge is -2.12. The van der Waals surface area contributed by atoms with E-state index in [1.165, 1.54) is 38.3 Å². The second kappa shape index (κ2) is 8.32. The van der Waals surface area contributed by atoms with Gasteiger partial charge in [0.25, 0.3) is 0 Å². The Morgan fingerprint density at radius 3 is 1.86 bits per heavy atom. The second-order valence-electron chi connectivity index (χ2n) is 3.46. The number of rotatable bonds is 3. The predicted molar refractivity (Wildman–Crippen MR) is 71.3 cm³/mol. The number of hydrogen-bond acceptors (Lipinski definition) is 7. The van der Waals surface area contributed by atoms with Crippen LogP contribution in [0.5, 0.6) is 0 Å². The Morgan fingerprint density at radius 1 is 1.14 bits per heavy atom. The summed E-state index contributed by atoms with van der Waals surface area (Å²) >= 11 is 0. The van der Waals surface area contributed by atoms with Crippen molar-refractivity contribution in [1.82, 2.24) is 0 Å². The van der Waals surface area contributed by atoms with Gasteiger partial charge in [-0.25, -0.2) is 4.79 Å². The summed E-state index contributed by atoms with van der Waals surface area (Å²) in [6.07, 6.45) is 0. The zero-order valence-corrected chi connectivity index (χ0v) is 12.3. The Hall–Kier alpha value is -2.01. The number of hydroxylamine groups is 1. The van der Waals surface area contributed by atoms with Crippen LogP contribution < -0.4 is 5.06 Å². The summed E-state index contributed by atoms with van der Waals surface area (Å²) < 4.78 is 34.2. The highest BCUT2D eigenvalue weighted by Gasteiger charge is 2.09. The van der Waals surface area contributed by atoms with E-state index in [0.29, 0.717) is 16.3 Å². The summed E-state index contributed by atoms with van der Waals surface area (Å²) in [5.41, 5.74) is 0.661. The van der Waals surface area contributed by atoms with E-state index in [0.717, 1.165) is 7.11 Å². The number of benzene rings is 1. The molecule has 9 nitrogen and oxygen atoms in total. The van der Waals surface area contributed by atoms with E-state index in [9.17, 15) is 23.2 Å². The van der Waals surface area contributed by atoms with Crippen LogP contribution in [0.15, 0.2) is 24.3 Å². The van der Waals surface area contributed by atoms with Crippen LogP contribution in [0.1, 0.15) is 17.3 Å². The number of carbonyl (C=O) groups is 2. The smallest absolute Gasteiger partial charge is 0.397 e. The average molecular weight is 321 g/mol. The minimum atomic E-state index is -4.16. The van der Waals surface area contributed by atoms with Crippen molar-refractivity contribution in [1.29, 1.82) is 0 Å². The van der Waals surface area contributed by atoms with E-state index in [-0.39, 0.29) is 0 Å². The standard InChI is InChI=1S/C10H11NO4.CH4O4S/c1-7(12)11(14)9-5-3-8(4-6-9)10(13)15-2;1-5-6(2,3)4/h3-6,14H,1-2H3;1H3,(H,2,3,4). The van der Waals surface area contributed by atoms with Gasteiger partial charge < -0.3 is 4.74 Å². The zero-order valence-electron chi connectivity index (χ0n) is 11.5. The molecule has 0 aliphatic heterocycles. The molecule has 0 unspecified atom stereocenters. The Labute approximate surface area is 121 Å². The molecule has 0 heterocycles. The Morgan fingerprint density at radius 2 is 1.57 bits per heavy atom. The molecule has 0 aliphatic carbocycles. The van der Waals surface area contributed by atoms with Crippen LogP contribution in [0.2, 0.25) is 0 Å². The number of carbonyl (C=O) groups excluding carboxylic acids is 2. The van der Waals surface area contributed by atoms with Crippen LogP contribution in [0.25, 0.3) is 0 Å². The first kappa shape index (κ1) is 19.0. The maximum Gasteiger partial charge on any atom is 0.397 e. The molecule has 1 aromatic carbocycles. The van der Waals surface area contributed by atoms with Crippen LogP contribution >= 0.6 is 0 Å². The van der Waals surface area contributed by atoms with E-state index in [4.69, 9.17) is 4.55 Å². The van der Waals surface area contributed by atoms with E-state index >= 15 is 0 Å². The third-order valence-corrected chi connectivity index (χ3v) is 2.46. The first-order chi connectivity index (χ1) is 9.62. The van der Waals surface area contributed by atoms with Crippen LogP contribution in [-0.2, 0) is 24.1 Å². The number of hydrogen-bond donors (Lipinski definition) is 2. The van der Waals surface area contributed by atoms with Gasteiger partial charge in [0.15, 0.2) is 0 Å². The monoisotopic (exact) mass is 321 g/mol. The van der Waals surface area contributed by atoms with Gasteiger partial charge in [-0.05, 0) is 24.3 Å². The number of methoxy groups -OCH3 is 1. The largest absolute Gasteiger partial charge is 0.465 e. The molecular formula is C11H15NO8S. The number of ether oxygens (including phenoxy) is 1. The van der Waals surface area contributed by atoms with Gasteiger partial charge in [0, 0.05) is 6.92 Å². The van der Waals surface area contributed by atoms with Gasteiger partial charge in [0.1, 0.15) is 0 Å². The molecule has 0 bridgehead atoms. The normalized spacial score (nSPS) is 10.1. The summed E-state index contributed by atoms with van der Waals surface area (Å²) in [4.78, 5) is 21.9. The van der Waals surface area contributed by atoms with Crippen LogP contribution in [0, 0.1) is 0 Å². The van der Waals surface area contributed by atoms with Crippen molar-refractivity contribution in [2.45, 2.75) is 6.92 Å². The molecule has 0 spiro atoms. The summed E-state index contributed by atoms with van der Waals surface area (Å²) in [6.45, 7) is 1.23. The van der Waals surface area contributed by atoms with Gasteiger partial charge in [-0.3, -0.25) is 18.7 Å². The highest BCUT2D eigenvalue weighted by Crippen LogP contribution is 2.14. The maximum absolute atomic E-state index is 11.1. The van der Waals surface area contributed by atoms with Crippen LogP contribution in [0.3, 0.4) is 0 Å². The molecule has 0 saturated carbocycles. The summed E-state index contributed by atoms with van der Waals surface area (Å²) in [5.74, 6) is -0.963. The molecule has 1 aromatic rings. The quantitative estimate of drug-likeness (QED) is 0.359. The molecule has 0 aromatic heterocycles. The van der Waals surface area contributed by atoms with Crippen molar-refractivity contribution in [3.8, 4) is 0 Å². The highest BCUT2D eigenvalue weighted by molar-refractivity contribution is 7.80. The Balaban J connectivity index is 0.000000567. The summed E-state index contributed by atoms with van der Waals surface area (Å²) in [5, 5.41) is 9.75. The van der Waals surface area contributed by atoms with E-state index < -0.39 is 22.3 Å². The first-order valence-electron chi connectivity index (χ1n) is 5.33. The SMILES string of the molecule is COC(=O)c1ccc(N(O)C(C)=O)cc1.COS(=O)(=O)O. The molecular weight excluding hydrogens is 306 g/mol. The molecule has 1 amide bonds. The predicted octanol–water partition coefficient (Wildman–Crippen LogP) is 0.651. The van der Waals surface area contributed by atoms with Gasteiger partial charge in [-0.2, -0.15) is 13.5 Å². The molecule has 0 radical (unpaired) electrons. The molecule has 2 N–H and O–H groups in total. The molecule has 1 rings (SSSR count). The first-order valence-corrected chi connectivity index (χ1v) is 6.70. The fraction of sp³-hybridized carbons (Fsp3) is 0.273. The molecule has 118 valence electrons. The average Bonchev–Trinajstić information content (AvgIpc) is 2.45. The number of anilines is 1. The van der Waals surface area contributed by atoms with Crippen molar-refractivity contribution in [3.05, 3.63) is 29.8 Å². The lowest BCUT2D eigenvalue weighted by atomic mass is 10.2. The van der Waals surface area contributed by atoms with Gasteiger partial charge in [-0.1, -0.05) is 0 Å². The van der Waals surface area contributed by atoms with Gasteiger partial charge in [-0.15, -0.1) is 0 Å². The second-order valence-corrected chi connectivity index (χ2v) is 4.65. The summed E-state index contributed by atoms with van der Waals surface area (Å²) in [6, 6.07) is 5.84. The fourth-order valence-electron chi connectivity index (χ4n) is 1.04. The minimum Gasteiger partial charge on any atom is -0.465 e. The zero-order chi connectivity index (χ0) is 16.6. The molecule has 21 heavy (non-hydrogen) atoms. The molecule has 10 heteroatoms. The van der Waals surface area contributed by atoms with Crippen molar-refractivity contribution in [3.63, 3.8) is 0 Å². The van der Waals surface area contributed by atoms with Crippen molar-refractivity contribution >= 4 is 28.0 Å². The van der Waals surface area contributed by atoms with Crippen LogP contribution in [0.4, 0.5) is 5.69 Å². The van der Waals surface area contributed by atoms with E-state index in [2.05, 4.69) is 8.92 Å². The molecule has 0 saturated heterocycles.